The molecule has 0 fully saturated rings. The number of carbonyl (C=O) groups excluding carboxylic acids is 1. The molecule has 1 rings (SSSR count). The van der Waals surface area contributed by atoms with E-state index in [0.29, 0.717) is 0 Å². The van der Waals surface area contributed by atoms with Gasteiger partial charge in [-0.1, -0.05) is 18.2 Å². The molecule has 0 aliphatic carbocycles. The molecule has 0 bridgehead atoms. The van der Waals surface area contributed by atoms with Gasteiger partial charge < -0.3 is 4.74 Å². The van der Waals surface area contributed by atoms with Gasteiger partial charge in [-0.25, -0.2) is 8.42 Å². The summed E-state index contributed by atoms with van der Waals surface area (Å²) in [5, 5.41) is 13.6. The van der Waals surface area contributed by atoms with E-state index < -0.39 is 33.1 Å². The van der Waals surface area contributed by atoms with E-state index in [1.807, 2.05) is 4.72 Å². The van der Waals surface area contributed by atoms with Crippen molar-refractivity contribution in [1.29, 1.82) is 0 Å². The number of ether oxygens (including phenoxy) is 1. The van der Waals surface area contributed by atoms with E-state index in [1.165, 1.54) is 31.2 Å². The SMILES string of the molecule is CCOC(=O)C(C)NCC(NS(=O)(=O)c1ccccc1)[N+](=O)[O-]. The number of sulfonamides is 1. The first-order chi connectivity index (χ1) is 10.8. The Morgan fingerprint density at radius 3 is 2.48 bits per heavy atom. The number of hydrogen-bond acceptors (Lipinski definition) is 7. The molecule has 0 heterocycles. The number of benzene rings is 1. The molecule has 0 aromatic heterocycles. The van der Waals surface area contributed by atoms with Crippen LogP contribution in [0.1, 0.15) is 13.8 Å². The van der Waals surface area contributed by atoms with Crippen LogP contribution in [0.15, 0.2) is 35.2 Å². The van der Waals surface area contributed by atoms with Crippen LogP contribution in [0.5, 0.6) is 0 Å². The molecule has 0 radical (unpaired) electrons. The van der Waals surface area contributed by atoms with Crippen molar-refractivity contribution in [1.82, 2.24) is 10.0 Å². The van der Waals surface area contributed by atoms with Crippen LogP contribution in [0.4, 0.5) is 0 Å². The smallest absolute Gasteiger partial charge is 0.322 e. The molecule has 2 unspecified atom stereocenters. The molecule has 128 valence electrons. The minimum absolute atomic E-state index is 0.0784. The monoisotopic (exact) mass is 345 g/mol. The van der Waals surface area contributed by atoms with Crippen molar-refractivity contribution >= 4 is 16.0 Å². The maximum atomic E-state index is 12.1. The summed E-state index contributed by atoms with van der Waals surface area (Å²) in [4.78, 5) is 21.6. The van der Waals surface area contributed by atoms with Crippen LogP contribution in [0, 0.1) is 10.1 Å². The Kier molecular flexibility index (Phi) is 7.07. The third-order valence-electron chi connectivity index (χ3n) is 2.86. The Bertz CT molecular complexity index is 634. The number of hydrogen-bond donors (Lipinski definition) is 2. The van der Waals surface area contributed by atoms with Crippen LogP contribution in [-0.2, 0) is 19.6 Å². The van der Waals surface area contributed by atoms with Gasteiger partial charge in [-0.3, -0.25) is 20.2 Å². The third-order valence-corrected chi connectivity index (χ3v) is 4.33. The van der Waals surface area contributed by atoms with E-state index in [9.17, 15) is 23.3 Å². The summed E-state index contributed by atoms with van der Waals surface area (Å²) in [5.41, 5.74) is 0. The van der Waals surface area contributed by atoms with Gasteiger partial charge in [0.1, 0.15) is 6.04 Å². The second kappa shape index (κ2) is 8.56. The first kappa shape index (κ1) is 19.0. The molecule has 0 amide bonds. The molecule has 2 atom stereocenters. The average molecular weight is 345 g/mol. The molecule has 23 heavy (non-hydrogen) atoms. The Morgan fingerprint density at radius 1 is 1.35 bits per heavy atom. The fraction of sp³-hybridized carbons (Fsp3) is 0.462. The number of nitrogens with one attached hydrogen (secondary N) is 2. The zero-order chi connectivity index (χ0) is 17.5. The van der Waals surface area contributed by atoms with Crippen molar-refractivity contribution in [3.05, 3.63) is 40.4 Å². The zero-order valence-corrected chi connectivity index (χ0v) is 13.6. The lowest BCUT2D eigenvalue weighted by atomic mass is 10.3. The second-order valence-electron chi connectivity index (χ2n) is 4.62. The van der Waals surface area contributed by atoms with Gasteiger partial charge in [0.2, 0.25) is 10.0 Å². The lowest BCUT2D eigenvalue weighted by Crippen LogP contribution is -2.50. The van der Waals surface area contributed by atoms with Crippen LogP contribution < -0.4 is 10.0 Å². The number of nitro groups is 1. The highest BCUT2D eigenvalue weighted by molar-refractivity contribution is 7.89. The molecular formula is C13H19N3O6S. The van der Waals surface area contributed by atoms with Crippen LogP contribution in [0.2, 0.25) is 0 Å². The summed E-state index contributed by atoms with van der Waals surface area (Å²) < 4.78 is 30.9. The molecule has 0 aliphatic rings. The minimum Gasteiger partial charge on any atom is -0.465 e. The number of carbonyl (C=O) groups is 1. The van der Waals surface area contributed by atoms with Crippen LogP contribution in [-0.4, -0.2) is 44.7 Å². The van der Waals surface area contributed by atoms with Crippen LogP contribution in [0.25, 0.3) is 0 Å². The summed E-state index contributed by atoms with van der Waals surface area (Å²) in [6, 6.07) is 6.51. The molecule has 0 saturated carbocycles. The van der Waals surface area contributed by atoms with E-state index in [2.05, 4.69) is 5.32 Å². The maximum Gasteiger partial charge on any atom is 0.322 e. The first-order valence-electron chi connectivity index (χ1n) is 6.88. The quantitative estimate of drug-likeness (QED) is 0.281. The van der Waals surface area contributed by atoms with E-state index in [4.69, 9.17) is 4.74 Å². The average Bonchev–Trinajstić information content (AvgIpc) is 2.51. The standard InChI is InChI=1S/C13H19N3O6S/c1-3-22-13(17)10(2)14-9-12(16(18)19)15-23(20,21)11-7-5-4-6-8-11/h4-8,10,12,14-15H,3,9H2,1-2H3. The largest absolute Gasteiger partial charge is 0.465 e. The summed E-state index contributed by atoms with van der Waals surface area (Å²) in [5.74, 6) is -0.569. The van der Waals surface area contributed by atoms with Gasteiger partial charge in [-0.2, -0.15) is 0 Å². The van der Waals surface area contributed by atoms with Gasteiger partial charge >= 0.3 is 5.97 Å². The summed E-state index contributed by atoms with van der Waals surface area (Å²) in [6.45, 7) is 2.93. The summed E-state index contributed by atoms with van der Waals surface area (Å²) in [7, 11) is -4.03. The van der Waals surface area contributed by atoms with Gasteiger partial charge in [0.25, 0.3) is 6.17 Å². The fourth-order valence-electron chi connectivity index (χ4n) is 1.65. The topological polar surface area (TPSA) is 128 Å². The van der Waals surface area contributed by atoms with Crippen molar-refractivity contribution in [3.63, 3.8) is 0 Å². The van der Waals surface area contributed by atoms with E-state index in [0.717, 1.165) is 0 Å². The van der Waals surface area contributed by atoms with Gasteiger partial charge in [-0.05, 0) is 26.0 Å². The number of nitrogens with zero attached hydrogens (tertiary/aromatic N) is 1. The van der Waals surface area contributed by atoms with Crippen molar-refractivity contribution in [2.75, 3.05) is 13.2 Å². The normalized spacial score (nSPS) is 14.0. The second-order valence-corrected chi connectivity index (χ2v) is 6.33. The first-order valence-corrected chi connectivity index (χ1v) is 8.37. The predicted molar refractivity (Wildman–Crippen MR) is 81.6 cm³/mol. The molecule has 0 spiro atoms. The highest BCUT2D eigenvalue weighted by Crippen LogP contribution is 2.08. The van der Waals surface area contributed by atoms with Gasteiger partial charge in [0, 0.05) is 4.92 Å². The highest BCUT2D eigenvalue weighted by atomic mass is 32.2. The van der Waals surface area contributed by atoms with Crippen LogP contribution >= 0.6 is 0 Å². The lowest BCUT2D eigenvalue weighted by molar-refractivity contribution is -0.523. The van der Waals surface area contributed by atoms with E-state index in [-0.39, 0.29) is 18.0 Å². The molecule has 0 saturated heterocycles. The molecule has 10 heteroatoms. The molecular weight excluding hydrogens is 326 g/mol. The Hall–Kier alpha value is -2.04. The number of esters is 1. The fourth-order valence-corrected chi connectivity index (χ4v) is 2.82. The zero-order valence-electron chi connectivity index (χ0n) is 12.8. The van der Waals surface area contributed by atoms with Crippen molar-refractivity contribution < 1.29 is 22.9 Å². The van der Waals surface area contributed by atoms with Crippen LogP contribution in [0.3, 0.4) is 0 Å². The Morgan fingerprint density at radius 2 is 1.96 bits per heavy atom. The maximum absolute atomic E-state index is 12.1. The summed E-state index contributed by atoms with van der Waals surface area (Å²) >= 11 is 0. The molecule has 1 aromatic rings. The van der Waals surface area contributed by atoms with E-state index >= 15 is 0 Å². The number of rotatable bonds is 9. The van der Waals surface area contributed by atoms with Gasteiger partial charge in [-0.15, -0.1) is 4.72 Å². The van der Waals surface area contributed by atoms with Crippen molar-refractivity contribution in [3.8, 4) is 0 Å². The predicted octanol–water partition coefficient (Wildman–Crippen LogP) is 0.109. The molecule has 9 nitrogen and oxygen atoms in total. The highest BCUT2D eigenvalue weighted by Gasteiger charge is 2.29. The Labute approximate surface area is 134 Å². The molecule has 1 aromatic carbocycles. The van der Waals surface area contributed by atoms with Gasteiger partial charge in [0.15, 0.2) is 0 Å². The third kappa shape index (κ3) is 5.93. The lowest BCUT2D eigenvalue weighted by Gasteiger charge is -2.16. The Balaban J connectivity index is 2.73. The molecule has 2 N–H and O–H groups in total. The minimum atomic E-state index is -4.03. The molecule has 0 aliphatic heterocycles. The van der Waals surface area contributed by atoms with Crippen molar-refractivity contribution in [2.45, 2.75) is 31.0 Å². The van der Waals surface area contributed by atoms with E-state index in [1.54, 1.807) is 13.0 Å². The van der Waals surface area contributed by atoms with Crippen molar-refractivity contribution in [2.24, 2.45) is 0 Å². The summed E-state index contributed by atoms with van der Waals surface area (Å²) in [6.07, 6.45) is -1.61. The van der Waals surface area contributed by atoms with Gasteiger partial charge in [0.05, 0.1) is 18.0 Å².